The molecular weight excluding hydrogens is 197 g/mol. The van der Waals surface area contributed by atoms with Crippen LogP contribution in [0.15, 0.2) is 12.3 Å². The number of hydrogen-bond acceptors (Lipinski definition) is 2. The summed E-state index contributed by atoms with van der Waals surface area (Å²) in [6.07, 6.45) is 1.67. The Morgan fingerprint density at radius 3 is 3.20 bits per heavy atom. The molecule has 54 valence electrons. The number of rotatable bonds is 2. The Labute approximate surface area is 64.8 Å². The average Bonchev–Trinajstić information content (AvgIpc) is 2.34. The standard InChI is InChI=1S/C5H7N3OSe/c1-4(9)8-10-5-2-3-6-7-5/h2-3H,1H3,(H,6,7)(H,8,9). The van der Waals surface area contributed by atoms with E-state index >= 15 is 0 Å². The molecule has 5 heteroatoms. The van der Waals surface area contributed by atoms with Gasteiger partial charge in [-0.05, 0) is 0 Å². The van der Waals surface area contributed by atoms with Gasteiger partial charge in [0.25, 0.3) is 0 Å². The van der Waals surface area contributed by atoms with E-state index in [0.29, 0.717) is 0 Å². The number of carbonyl (C=O) groups is 1. The fourth-order valence-corrected chi connectivity index (χ4v) is 1.44. The van der Waals surface area contributed by atoms with Gasteiger partial charge in [0.05, 0.1) is 0 Å². The van der Waals surface area contributed by atoms with Crippen LogP contribution in [0.2, 0.25) is 0 Å². The maximum absolute atomic E-state index is 10.4. The van der Waals surface area contributed by atoms with Gasteiger partial charge >= 0.3 is 64.2 Å². The van der Waals surface area contributed by atoms with Gasteiger partial charge in [-0.2, -0.15) is 0 Å². The Morgan fingerprint density at radius 1 is 1.90 bits per heavy atom. The predicted octanol–water partition coefficient (Wildman–Crippen LogP) is -1.21. The Morgan fingerprint density at radius 2 is 2.70 bits per heavy atom. The van der Waals surface area contributed by atoms with Gasteiger partial charge in [0.2, 0.25) is 0 Å². The number of nitrogens with zero attached hydrogens (tertiary/aromatic N) is 1. The fraction of sp³-hybridized carbons (Fsp3) is 0.200. The van der Waals surface area contributed by atoms with Gasteiger partial charge in [-0.3, -0.25) is 0 Å². The molecule has 0 aliphatic carbocycles. The molecule has 0 aliphatic rings. The van der Waals surface area contributed by atoms with E-state index in [1.807, 2.05) is 6.07 Å². The van der Waals surface area contributed by atoms with Crippen LogP contribution in [0.3, 0.4) is 0 Å². The van der Waals surface area contributed by atoms with Gasteiger partial charge in [-0.1, -0.05) is 0 Å². The van der Waals surface area contributed by atoms with Gasteiger partial charge in [0, 0.05) is 0 Å². The second kappa shape index (κ2) is 3.39. The molecule has 0 atom stereocenters. The number of H-pyrrole nitrogens is 1. The van der Waals surface area contributed by atoms with Crippen molar-refractivity contribution in [1.82, 2.24) is 14.5 Å². The molecule has 0 aromatic carbocycles. The van der Waals surface area contributed by atoms with Crippen molar-refractivity contribution in [2.75, 3.05) is 0 Å². The van der Waals surface area contributed by atoms with Gasteiger partial charge in [0.15, 0.2) is 0 Å². The van der Waals surface area contributed by atoms with Gasteiger partial charge < -0.3 is 0 Å². The molecule has 4 nitrogen and oxygen atoms in total. The summed E-state index contributed by atoms with van der Waals surface area (Å²) in [6, 6.07) is 1.84. The second-order valence-corrected chi connectivity index (χ2v) is 3.46. The maximum atomic E-state index is 10.4. The van der Waals surface area contributed by atoms with E-state index in [4.69, 9.17) is 0 Å². The monoisotopic (exact) mass is 205 g/mol. The van der Waals surface area contributed by atoms with Crippen molar-refractivity contribution >= 4 is 25.7 Å². The first-order chi connectivity index (χ1) is 4.79. The van der Waals surface area contributed by atoms with Gasteiger partial charge in [0.1, 0.15) is 0 Å². The summed E-state index contributed by atoms with van der Waals surface area (Å²) in [5.74, 6) is -0.00500. The fourth-order valence-electron chi connectivity index (χ4n) is 0.427. The summed E-state index contributed by atoms with van der Waals surface area (Å²) in [4.78, 5) is 10.4. The van der Waals surface area contributed by atoms with Crippen LogP contribution >= 0.6 is 0 Å². The summed E-state index contributed by atoms with van der Waals surface area (Å²) in [7, 11) is 0. The van der Waals surface area contributed by atoms with Crippen molar-refractivity contribution in [3.63, 3.8) is 0 Å². The first-order valence-corrected chi connectivity index (χ1v) is 4.43. The van der Waals surface area contributed by atoms with Crippen molar-refractivity contribution in [3.05, 3.63) is 12.3 Å². The van der Waals surface area contributed by atoms with E-state index in [-0.39, 0.29) is 21.1 Å². The molecule has 0 aliphatic heterocycles. The molecule has 10 heavy (non-hydrogen) atoms. The molecule has 0 unspecified atom stereocenters. The molecule has 1 rings (SSSR count). The minimum atomic E-state index is -0.00500. The first-order valence-electron chi connectivity index (χ1n) is 2.72. The second-order valence-electron chi connectivity index (χ2n) is 1.68. The summed E-state index contributed by atoms with van der Waals surface area (Å²) < 4.78 is 3.67. The zero-order valence-corrected chi connectivity index (χ0v) is 7.13. The Bertz CT molecular complexity index is 209. The number of nitrogens with one attached hydrogen (secondary N) is 2. The van der Waals surface area contributed by atoms with Crippen molar-refractivity contribution < 1.29 is 4.79 Å². The molecule has 0 saturated heterocycles. The molecule has 1 amide bonds. The Kier molecular flexibility index (Phi) is 2.48. The average molecular weight is 204 g/mol. The molecule has 0 fully saturated rings. The summed E-state index contributed by atoms with van der Waals surface area (Å²) in [5.41, 5.74) is 0. The third-order valence-corrected chi connectivity index (χ3v) is 2.54. The van der Waals surface area contributed by atoms with Crippen LogP contribution in [-0.2, 0) is 4.79 Å². The predicted molar refractivity (Wildman–Crippen MR) is 37.8 cm³/mol. The van der Waals surface area contributed by atoms with Crippen molar-refractivity contribution in [2.24, 2.45) is 0 Å². The number of aromatic nitrogens is 2. The normalized spacial score (nSPS) is 9.30. The van der Waals surface area contributed by atoms with Crippen LogP contribution in [0.1, 0.15) is 6.92 Å². The van der Waals surface area contributed by atoms with Gasteiger partial charge in [-0.25, -0.2) is 0 Å². The molecule has 2 N–H and O–H groups in total. The van der Waals surface area contributed by atoms with Crippen LogP contribution in [0.5, 0.6) is 0 Å². The zero-order chi connectivity index (χ0) is 7.40. The molecule has 0 radical (unpaired) electrons. The van der Waals surface area contributed by atoms with E-state index in [1.54, 1.807) is 6.20 Å². The first kappa shape index (κ1) is 7.31. The zero-order valence-electron chi connectivity index (χ0n) is 5.42. The van der Waals surface area contributed by atoms with E-state index in [9.17, 15) is 4.79 Å². The van der Waals surface area contributed by atoms with Crippen LogP contribution < -0.4 is 8.93 Å². The third kappa shape index (κ3) is 2.21. The molecule has 1 aromatic rings. The minimum absolute atomic E-state index is 0.00231. The van der Waals surface area contributed by atoms with Gasteiger partial charge in [-0.15, -0.1) is 0 Å². The summed E-state index contributed by atoms with van der Waals surface area (Å²) in [5, 5.41) is 6.50. The molecule has 0 saturated carbocycles. The third-order valence-electron chi connectivity index (χ3n) is 0.780. The number of aromatic amines is 1. The van der Waals surface area contributed by atoms with E-state index in [0.717, 1.165) is 4.59 Å². The number of hydrogen-bond donors (Lipinski definition) is 2. The van der Waals surface area contributed by atoms with Crippen molar-refractivity contribution in [2.45, 2.75) is 6.92 Å². The van der Waals surface area contributed by atoms with Crippen LogP contribution in [0.25, 0.3) is 0 Å². The Balaban J connectivity index is 2.35. The van der Waals surface area contributed by atoms with Crippen molar-refractivity contribution in [3.8, 4) is 0 Å². The summed E-state index contributed by atoms with van der Waals surface area (Å²) in [6.45, 7) is 1.50. The number of carbonyl (C=O) groups excluding carboxylic acids is 1. The van der Waals surface area contributed by atoms with Crippen LogP contribution in [0.4, 0.5) is 0 Å². The van der Waals surface area contributed by atoms with Crippen LogP contribution in [0, 0.1) is 0 Å². The number of amides is 1. The molecule has 0 bridgehead atoms. The van der Waals surface area contributed by atoms with E-state index in [2.05, 4.69) is 14.5 Å². The molecule has 1 aromatic heterocycles. The Hall–Kier alpha value is -0.801. The van der Waals surface area contributed by atoms with Crippen LogP contribution in [-0.4, -0.2) is 31.3 Å². The molecular formula is C5H7N3OSe. The van der Waals surface area contributed by atoms with E-state index in [1.165, 1.54) is 6.92 Å². The summed E-state index contributed by atoms with van der Waals surface area (Å²) >= 11 is 0.00231. The molecule has 0 spiro atoms. The topological polar surface area (TPSA) is 57.8 Å². The SMILES string of the molecule is CC(=O)N[Se]c1ccn[nH]1. The van der Waals surface area contributed by atoms with E-state index < -0.39 is 0 Å². The van der Waals surface area contributed by atoms with Crippen molar-refractivity contribution in [1.29, 1.82) is 0 Å². The quantitative estimate of drug-likeness (QED) is 0.594. The molecule has 1 heterocycles.